The Hall–Kier alpha value is -2.36. The molecule has 1 rings (SSSR count). The number of aromatic nitrogens is 2. The van der Waals surface area contributed by atoms with Crippen LogP contribution >= 0.6 is 0 Å². The number of rotatable bonds is 5. The molecule has 7 heteroatoms. The lowest BCUT2D eigenvalue weighted by atomic mass is 9.85. The van der Waals surface area contributed by atoms with Gasteiger partial charge in [-0.05, 0) is 5.41 Å². The quantitative estimate of drug-likeness (QED) is 0.764. The molecule has 0 spiro atoms. The monoisotopic (exact) mass is 306 g/mol. The van der Waals surface area contributed by atoms with Crippen LogP contribution in [0.4, 0.5) is 0 Å². The van der Waals surface area contributed by atoms with Crippen LogP contribution in [0.5, 0.6) is 0 Å². The van der Waals surface area contributed by atoms with Crippen LogP contribution in [0, 0.1) is 16.7 Å². The van der Waals surface area contributed by atoms with Gasteiger partial charge in [0.05, 0.1) is 19.4 Å². The number of nitriles is 1. The molecule has 0 bridgehead atoms. The number of carbonyl (C=O) groups is 2. The largest absolute Gasteiger partial charge is 0.467 e. The molecule has 1 unspecified atom stereocenters. The zero-order valence-electron chi connectivity index (χ0n) is 13.7. The highest BCUT2D eigenvalue weighted by Crippen LogP contribution is 2.27. The van der Waals surface area contributed by atoms with E-state index >= 15 is 0 Å². The molecule has 0 aromatic carbocycles. The van der Waals surface area contributed by atoms with Gasteiger partial charge in [0.2, 0.25) is 5.91 Å². The van der Waals surface area contributed by atoms with E-state index in [1.54, 1.807) is 24.1 Å². The highest BCUT2D eigenvalue weighted by molar-refractivity contribution is 5.86. The van der Waals surface area contributed by atoms with Crippen LogP contribution in [0.2, 0.25) is 0 Å². The van der Waals surface area contributed by atoms with Crippen LogP contribution in [-0.4, -0.2) is 39.7 Å². The van der Waals surface area contributed by atoms with Gasteiger partial charge in [0.25, 0.3) is 0 Å². The van der Waals surface area contributed by atoms with Crippen LogP contribution in [0.1, 0.15) is 32.8 Å². The molecule has 0 saturated heterocycles. The Kier molecular flexibility index (Phi) is 5.69. The first-order valence-electron chi connectivity index (χ1n) is 6.92. The Morgan fingerprint density at radius 1 is 1.50 bits per heavy atom. The molecule has 0 N–H and O–H groups in total. The molecule has 1 heterocycles. The molecule has 0 saturated carbocycles. The summed E-state index contributed by atoms with van der Waals surface area (Å²) in [5.41, 5.74) is 0.257. The van der Waals surface area contributed by atoms with Crippen LogP contribution in [0.15, 0.2) is 12.4 Å². The van der Waals surface area contributed by atoms with Crippen molar-refractivity contribution in [2.75, 3.05) is 7.11 Å². The lowest BCUT2D eigenvalue weighted by Gasteiger charge is -2.37. The average Bonchev–Trinajstić information content (AvgIpc) is 2.82. The van der Waals surface area contributed by atoms with E-state index in [0.717, 1.165) is 5.56 Å². The summed E-state index contributed by atoms with van der Waals surface area (Å²) in [6.07, 6.45) is 3.11. The number of esters is 1. The molecule has 120 valence electrons. The van der Waals surface area contributed by atoms with Crippen molar-refractivity contribution in [3.63, 3.8) is 0 Å². The number of ether oxygens (including phenoxy) is 1. The minimum absolute atomic E-state index is 0.200. The highest BCUT2D eigenvalue weighted by Gasteiger charge is 2.39. The van der Waals surface area contributed by atoms with Gasteiger partial charge in [-0.3, -0.25) is 9.48 Å². The minimum Gasteiger partial charge on any atom is -0.467 e. The molecule has 0 aliphatic heterocycles. The first-order valence-corrected chi connectivity index (χ1v) is 6.92. The van der Waals surface area contributed by atoms with Crippen molar-refractivity contribution >= 4 is 11.9 Å². The summed E-state index contributed by atoms with van der Waals surface area (Å²) in [5.74, 6) is -0.903. The molecule has 0 aliphatic carbocycles. The molecule has 1 aromatic rings. The predicted molar refractivity (Wildman–Crippen MR) is 79.2 cm³/mol. The molecule has 1 aromatic heterocycles. The van der Waals surface area contributed by atoms with Gasteiger partial charge in [-0.15, -0.1) is 0 Å². The zero-order valence-corrected chi connectivity index (χ0v) is 13.7. The van der Waals surface area contributed by atoms with E-state index in [0.29, 0.717) is 0 Å². The van der Waals surface area contributed by atoms with E-state index in [1.165, 1.54) is 12.0 Å². The number of methoxy groups -OCH3 is 1. The lowest BCUT2D eigenvalue weighted by Crippen LogP contribution is -2.52. The smallest absolute Gasteiger partial charge is 0.329 e. The van der Waals surface area contributed by atoms with Crippen molar-refractivity contribution in [3.05, 3.63) is 18.0 Å². The molecular formula is C15H22N4O3. The van der Waals surface area contributed by atoms with E-state index in [2.05, 4.69) is 5.10 Å². The average molecular weight is 306 g/mol. The minimum atomic E-state index is -0.779. The topological polar surface area (TPSA) is 88.2 Å². The fourth-order valence-electron chi connectivity index (χ4n) is 2.30. The van der Waals surface area contributed by atoms with Crippen molar-refractivity contribution < 1.29 is 14.3 Å². The summed E-state index contributed by atoms with van der Waals surface area (Å²) < 4.78 is 6.47. The normalized spacial score (nSPS) is 12.4. The lowest BCUT2D eigenvalue weighted by molar-refractivity contribution is -0.158. The van der Waals surface area contributed by atoms with Crippen LogP contribution in [0.25, 0.3) is 0 Å². The standard InChI is InChI=1S/C15H22N4O3/c1-15(2,3)13(14(21)22-5)19(12(20)6-7-16)10-11-8-17-18(4)9-11/h8-9,13H,6,10H2,1-5H3. The second-order valence-corrected chi connectivity index (χ2v) is 6.17. The van der Waals surface area contributed by atoms with Crippen LogP contribution < -0.4 is 0 Å². The SMILES string of the molecule is COC(=O)C(N(Cc1cnn(C)c1)C(=O)CC#N)C(C)(C)C. The van der Waals surface area contributed by atoms with Gasteiger partial charge >= 0.3 is 5.97 Å². The van der Waals surface area contributed by atoms with E-state index < -0.39 is 23.3 Å². The summed E-state index contributed by atoms with van der Waals surface area (Å²) in [6, 6.07) is 1.06. The number of aryl methyl sites for hydroxylation is 1. The summed E-state index contributed by atoms with van der Waals surface area (Å²) in [7, 11) is 3.06. The van der Waals surface area contributed by atoms with E-state index in [1.807, 2.05) is 26.8 Å². The van der Waals surface area contributed by atoms with Crippen molar-refractivity contribution in [2.45, 2.75) is 39.8 Å². The third kappa shape index (κ3) is 4.32. The van der Waals surface area contributed by atoms with Crippen molar-refractivity contribution in [1.29, 1.82) is 5.26 Å². The van der Waals surface area contributed by atoms with Gasteiger partial charge in [-0.2, -0.15) is 10.4 Å². The van der Waals surface area contributed by atoms with Gasteiger partial charge in [-0.1, -0.05) is 20.8 Å². The number of hydrogen-bond acceptors (Lipinski definition) is 5. The fraction of sp³-hybridized carbons (Fsp3) is 0.600. The maximum absolute atomic E-state index is 12.3. The van der Waals surface area contributed by atoms with E-state index in [9.17, 15) is 9.59 Å². The number of nitrogens with zero attached hydrogens (tertiary/aromatic N) is 4. The molecule has 22 heavy (non-hydrogen) atoms. The summed E-state index contributed by atoms with van der Waals surface area (Å²) in [4.78, 5) is 25.9. The summed E-state index contributed by atoms with van der Waals surface area (Å²) in [5, 5.41) is 12.9. The number of hydrogen-bond donors (Lipinski definition) is 0. The maximum atomic E-state index is 12.3. The fourth-order valence-corrected chi connectivity index (χ4v) is 2.30. The molecular weight excluding hydrogens is 284 g/mol. The van der Waals surface area contributed by atoms with Crippen LogP contribution in [0.3, 0.4) is 0 Å². The maximum Gasteiger partial charge on any atom is 0.329 e. The molecule has 7 nitrogen and oxygen atoms in total. The van der Waals surface area contributed by atoms with Crippen molar-refractivity contribution in [3.8, 4) is 6.07 Å². The molecule has 0 radical (unpaired) electrons. The van der Waals surface area contributed by atoms with Gasteiger partial charge in [0.1, 0.15) is 12.5 Å². The first-order chi connectivity index (χ1) is 10.2. The Balaban J connectivity index is 3.18. The molecule has 1 atom stereocenters. The van der Waals surface area contributed by atoms with E-state index in [4.69, 9.17) is 10.00 Å². The summed E-state index contributed by atoms with van der Waals surface area (Å²) in [6.45, 7) is 5.75. The Bertz CT molecular complexity index is 580. The van der Waals surface area contributed by atoms with Gasteiger partial charge in [0, 0.05) is 25.4 Å². The van der Waals surface area contributed by atoms with Gasteiger partial charge < -0.3 is 9.64 Å². The molecule has 1 amide bonds. The molecule has 0 aliphatic rings. The molecule has 0 fully saturated rings. The second-order valence-electron chi connectivity index (χ2n) is 6.17. The third-order valence-corrected chi connectivity index (χ3v) is 3.22. The summed E-state index contributed by atoms with van der Waals surface area (Å²) >= 11 is 0. The van der Waals surface area contributed by atoms with E-state index in [-0.39, 0.29) is 13.0 Å². The number of carbonyl (C=O) groups excluding carboxylic acids is 2. The predicted octanol–water partition coefficient (Wildman–Crippen LogP) is 1.25. The van der Waals surface area contributed by atoms with Crippen molar-refractivity contribution in [2.24, 2.45) is 12.5 Å². The van der Waals surface area contributed by atoms with Gasteiger partial charge in [0.15, 0.2) is 0 Å². The van der Waals surface area contributed by atoms with Crippen molar-refractivity contribution in [1.82, 2.24) is 14.7 Å². The van der Waals surface area contributed by atoms with Gasteiger partial charge in [-0.25, -0.2) is 4.79 Å². The Morgan fingerprint density at radius 3 is 2.55 bits per heavy atom. The Morgan fingerprint density at radius 2 is 2.14 bits per heavy atom. The first kappa shape index (κ1) is 17.7. The zero-order chi connectivity index (χ0) is 16.9. The highest BCUT2D eigenvalue weighted by atomic mass is 16.5. The second kappa shape index (κ2) is 7.07. The Labute approximate surface area is 130 Å². The third-order valence-electron chi connectivity index (χ3n) is 3.22. The van der Waals surface area contributed by atoms with Crippen LogP contribution in [-0.2, 0) is 27.9 Å². The number of amides is 1.